The van der Waals surface area contributed by atoms with Crippen molar-refractivity contribution in [2.75, 3.05) is 23.7 Å². The summed E-state index contributed by atoms with van der Waals surface area (Å²) in [4.78, 5) is 28.7. The number of nitrogens with zero attached hydrogens (tertiary/aromatic N) is 2. The summed E-state index contributed by atoms with van der Waals surface area (Å²) in [5.74, 6) is -1.33. The molecule has 2 amide bonds. The Bertz CT molecular complexity index is 1560. The van der Waals surface area contributed by atoms with Crippen molar-refractivity contribution in [3.63, 3.8) is 0 Å². The molecule has 0 saturated carbocycles. The van der Waals surface area contributed by atoms with Gasteiger partial charge in [-0.1, -0.05) is 78.1 Å². The Hall–Kier alpha value is -2.99. The number of amides is 2. The zero-order valence-electron chi connectivity index (χ0n) is 23.2. The summed E-state index contributed by atoms with van der Waals surface area (Å²) in [6, 6.07) is 14.9. The number of nitrogens with one attached hydrogen (secondary N) is 1. The normalized spacial score (nSPS) is 12.5. The molecule has 1 unspecified atom stereocenters. The highest BCUT2D eigenvalue weighted by Gasteiger charge is 2.36. The Kier molecular flexibility index (Phi) is 11.8. The second-order valence-corrected chi connectivity index (χ2v) is 12.8. The van der Waals surface area contributed by atoms with E-state index in [1.807, 2.05) is 6.92 Å². The van der Waals surface area contributed by atoms with Crippen LogP contribution < -0.4 is 9.62 Å². The molecule has 1 N–H and O–H groups in total. The number of anilines is 1. The summed E-state index contributed by atoms with van der Waals surface area (Å²) in [5.41, 5.74) is -0.474. The van der Waals surface area contributed by atoms with Crippen molar-refractivity contribution in [2.24, 2.45) is 0 Å². The minimum Gasteiger partial charge on any atom is -0.354 e. The largest absolute Gasteiger partial charge is 0.417 e. The lowest BCUT2D eigenvalue weighted by Crippen LogP contribution is -2.53. The van der Waals surface area contributed by atoms with Crippen molar-refractivity contribution >= 4 is 62.3 Å². The fourth-order valence-electron chi connectivity index (χ4n) is 4.25. The summed E-state index contributed by atoms with van der Waals surface area (Å²) in [6.45, 7) is 1.10. The van der Waals surface area contributed by atoms with Crippen LogP contribution in [0.2, 0.25) is 15.1 Å². The zero-order chi connectivity index (χ0) is 31.9. The van der Waals surface area contributed by atoms with Crippen molar-refractivity contribution in [3.8, 4) is 0 Å². The second-order valence-electron chi connectivity index (χ2n) is 9.70. The Morgan fingerprint density at radius 2 is 1.56 bits per heavy atom. The predicted molar refractivity (Wildman–Crippen MR) is 163 cm³/mol. The molecule has 0 fully saturated rings. The molecule has 3 aromatic rings. The van der Waals surface area contributed by atoms with Crippen LogP contribution in [0.3, 0.4) is 0 Å². The first kappa shape index (κ1) is 34.5. The lowest BCUT2D eigenvalue weighted by molar-refractivity contribution is -0.140. The average molecular weight is 679 g/mol. The van der Waals surface area contributed by atoms with Crippen LogP contribution in [0.4, 0.5) is 18.9 Å². The lowest BCUT2D eigenvalue weighted by Gasteiger charge is -2.33. The van der Waals surface area contributed by atoms with Gasteiger partial charge in [0.25, 0.3) is 0 Å². The summed E-state index contributed by atoms with van der Waals surface area (Å²) >= 11 is 18.0. The highest BCUT2D eigenvalue weighted by molar-refractivity contribution is 7.92. The molecule has 232 valence electrons. The van der Waals surface area contributed by atoms with Gasteiger partial charge in [-0.3, -0.25) is 13.9 Å². The molecule has 0 radical (unpaired) electrons. The molecule has 0 spiro atoms. The van der Waals surface area contributed by atoms with Crippen LogP contribution in [0.25, 0.3) is 0 Å². The van der Waals surface area contributed by atoms with E-state index in [4.69, 9.17) is 34.8 Å². The standard InChI is InChI=1S/C29H29Cl3F3N3O4S/c1-3-13-36-28(40)26(15-19-7-5-4-6-8-19)37(17-20-9-11-24(31)25(32)14-20)27(39)18-38(43(2,41)42)21-10-12-23(30)22(16-21)29(33,34)35/h4-12,14,16,26H,3,13,15,17-18H2,1-2H3,(H,36,40). The van der Waals surface area contributed by atoms with Crippen molar-refractivity contribution in [3.05, 3.63) is 98.5 Å². The van der Waals surface area contributed by atoms with Crippen LogP contribution in [0, 0.1) is 0 Å². The number of carbonyl (C=O) groups is 2. The van der Waals surface area contributed by atoms with Crippen molar-refractivity contribution in [1.82, 2.24) is 10.2 Å². The molecule has 0 aliphatic heterocycles. The molecular formula is C29H29Cl3F3N3O4S. The molecule has 0 aliphatic rings. The van der Waals surface area contributed by atoms with Crippen LogP contribution >= 0.6 is 34.8 Å². The average Bonchev–Trinajstić information content (AvgIpc) is 2.93. The minimum absolute atomic E-state index is 0.0709. The summed E-state index contributed by atoms with van der Waals surface area (Å²) in [5, 5.41) is 2.61. The molecule has 0 bridgehead atoms. The number of sulfonamides is 1. The van der Waals surface area contributed by atoms with E-state index in [0.29, 0.717) is 28.9 Å². The molecule has 14 heteroatoms. The Balaban J connectivity index is 2.11. The van der Waals surface area contributed by atoms with Crippen molar-refractivity contribution in [2.45, 2.75) is 38.5 Å². The molecule has 3 rings (SSSR count). The Labute approximate surface area is 263 Å². The van der Waals surface area contributed by atoms with Crippen LogP contribution in [-0.4, -0.2) is 50.5 Å². The third kappa shape index (κ3) is 9.50. The molecule has 0 saturated heterocycles. The van der Waals surface area contributed by atoms with Gasteiger partial charge in [-0.15, -0.1) is 0 Å². The van der Waals surface area contributed by atoms with Crippen molar-refractivity contribution < 1.29 is 31.2 Å². The van der Waals surface area contributed by atoms with Crippen LogP contribution in [0.15, 0.2) is 66.7 Å². The fraction of sp³-hybridized carbons (Fsp3) is 0.310. The van der Waals surface area contributed by atoms with Gasteiger partial charge < -0.3 is 10.2 Å². The van der Waals surface area contributed by atoms with Gasteiger partial charge in [0.2, 0.25) is 21.8 Å². The van der Waals surface area contributed by atoms with Gasteiger partial charge in [-0.25, -0.2) is 8.42 Å². The van der Waals surface area contributed by atoms with Gasteiger partial charge in [-0.05, 0) is 47.9 Å². The van der Waals surface area contributed by atoms with Gasteiger partial charge in [0.05, 0.1) is 32.6 Å². The van der Waals surface area contributed by atoms with E-state index < -0.39 is 56.9 Å². The molecule has 3 aromatic carbocycles. The SMILES string of the molecule is CCCNC(=O)C(Cc1ccccc1)N(Cc1ccc(Cl)c(Cl)c1)C(=O)CN(c1ccc(Cl)c(C(F)(F)F)c1)S(C)(=O)=O. The van der Waals surface area contributed by atoms with E-state index in [0.717, 1.165) is 24.0 Å². The summed E-state index contributed by atoms with van der Waals surface area (Å²) in [6.07, 6.45) is -3.43. The quantitative estimate of drug-likeness (QED) is 0.234. The van der Waals surface area contributed by atoms with E-state index in [-0.39, 0.29) is 23.0 Å². The Morgan fingerprint density at radius 3 is 2.14 bits per heavy atom. The molecule has 7 nitrogen and oxygen atoms in total. The van der Waals surface area contributed by atoms with E-state index in [2.05, 4.69) is 5.32 Å². The Morgan fingerprint density at radius 1 is 0.907 bits per heavy atom. The van der Waals surface area contributed by atoms with Gasteiger partial charge in [0.1, 0.15) is 12.6 Å². The number of halogens is 6. The van der Waals surface area contributed by atoms with Crippen LogP contribution in [0.5, 0.6) is 0 Å². The maximum Gasteiger partial charge on any atom is 0.417 e. The van der Waals surface area contributed by atoms with Gasteiger partial charge in [-0.2, -0.15) is 13.2 Å². The van der Waals surface area contributed by atoms with E-state index in [1.165, 1.54) is 17.0 Å². The van der Waals surface area contributed by atoms with Gasteiger partial charge in [0, 0.05) is 19.5 Å². The highest BCUT2D eigenvalue weighted by Crippen LogP contribution is 2.37. The molecule has 43 heavy (non-hydrogen) atoms. The van der Waals surface area contributed by atoms with Crippen molar-refractivity contribution in [1.29, 1.82) is 0 Å². The lowest BCUT2D eigenvalue weighted by atomic mass is 10.0. The predicted octanol–water partition coefficient (Wildman–Crippen LogP) is 6.60. The maximum absolute atomic E-state index is 14.0. The van der Waals surface area contributed by atoms with E-state index in [9.17, 15) is 31.2 Å². The maximum atomic E-state index is 14.0. The van der Waals surface area contributed by atoms with Crippen LogP contribution in [-0.2, 0) is 38.8 Å². The zero-order valence-corrected chi connectivity index (χ0v) is 26.3. The van der Waals surface area contributed by atoms with E-state index in [1.54, 1.807) is 36.4 Å². The first-order valence-corrected chi connectivity index (χ1v) is 16.0. The topological polar surface area (TPSA) is 86.8 Å². The molecule has 1 atom stereocenters. The number of benzene rings is 3. The van der Waals surface area contributed by atoms with Gasteiger partial charge in [0.15, 0.2) is 0 Å². The first-order valence-electron chi connectivity index (χ1n) is 13.0. The second kappa shape index (κ2) is 14.7. The first-order chi connectivity index (χ1) is 20.1. The number of hydrogen-bond acceptors (Lipinski definition) is 4. The monoisotopic (exact) mass is 677 g/mol. The minimum atomic E-state index is -4.88. The third-order valence-electron chi connectivity index (χ3n) is 6.38. The number of alkyl halides is 3. The summed E-state index contributed by atoms with van der Waals surface area (Å²) < 4.78 is 67.0. The fourth-order valence-corrected chi connectivity index (χ4v) is 5.64. The third-order valence-corrected chi connectivity index (χ3v) is 8.59. The highest BCUT2D eigenvalue weighted by atomic mass is 35.5. The molecule has 0 aromatic heterocycles. The number of carbonyl (C=O) groups excluding carboxylic acids is 2. The van der Waals surface area contributed by atoms with Gasteiger partial charge >= 0.3 is 6.18 Å². The van der Waals surface area contributed by atoms with E-state index >= 15 is 0 Å². The molecular weight excluding hydrogens is 650 g/mol. The number of hydrogen-bond donors (Lipinski definition) is 1. The molecule has 0 aliphatic carbocycles. The summed E-state index contributed by atoms with van der Waals surface area (Å²) in [7, 11) is -4.29. The van der Waals surface area contributed by atoms with Crippen LogP contribution in [0.1, 0.15) is 30.0 Å². The molecule has 0 heterocycles. The number of rotatable bonds is 12. The smallest absolute Gasteiger partial charge is 0.354 e.